The molecular formula is C37H38FN5O5S. The van der Waals surface area contributed by atoms with Crippen LogP contribution in [0.3, 0.4) is 0 Å². The first-order valence-electron chi connectivity index (χ1n) is 16.7. The summed E-state index contributed by atoms with van der Waals surface area (Å²) in [5, 5.41) is 6.78. The van der Waals surface area contributed by atoms with Gasteiger partial charge in [0, 0.05) is 18.0 Å². The maximum Gasteiger partial charge on any atom is 0.278 e. The number of hydroxylamine groups is 1. The molecular weight excluding hydrogens is 646 g/mol. The number of nitrogens with zero attached hydrogens (tertiary/aromatic N) is 2. The molecule has 3 aliphatic rings. The summed E-state index contributed by atoms with van der Waals surface area (Å²) in [6.07, 6.45) is 8.22. The zero-order chi connectivity index (χ0) is 33.8. The van der Waals surface area contributed by atoms with Crippen molar-refractivity contribution in [1.29, 1.82) is 0 Å². The van der Waals surface area contributed by atoms with Gasteiger partial charge in [-0.15, -0.1) is 0 Å². The Morgan fingerprint density at radius 3 is 2.63 bits per heavy atom. The van der Waals surface area contributed by atoms with Crippen LogP contribution < -0.4 is 25.7 Å². The Labute approximate surface area is 287 Å². The molecule has 5 atom stereocenters. The first kappa shape index (κ1) is 32.6. The summed E-state index contributed by atoms with van der Waals surface area (Å²) < 4.78 is 20.8. The van der Waals surface area contributed by atoms with Gasteiger partial charge in [0.2, 0.25) is 11.8 Å². The van der Waals surface area contributed by atoms with Crippen molar-refractivity contribution in [1.82, 2.24) is 20.7 Å². The van der Waals surface area contributed by atoms with Gasteiger partial charge in [0.25, 0.3) is 11.1 Å². The van der Waals surface area contributed by atoms with Crippen LogP contribution in [0.25, 0.3) is 10.2 Å². The highest BCUT2D eigenvalue weighted by molar-refractivity contribution is 7.20. The van der Waals surface area contributed by atoms with E-state index in [1.54, 1.807) is 35.2 Å². The van der Waals surface area contributed by atoms with Gasteiger partial charge < -0.3 is 25.1 Å². The molecule has 1 saturated carbocycles. The number of ether oxygens (including phenoxy) is 1. The molecule has 1 aromatic heterocycles. The number of anilines is 1. The first-order chi connectivity index (χ1) is 23.9. The summed E-state index contributed by atoms with van der Waals surface area (Å²) in [5.74, 6) is -1.25. The van der Waals surface area contributed by atoms with Gasteiger partial charge in [-0.05, 0) is 68.1 Å². The minimum atomic E-state index is -1.23. The van der Waals surface area contributed by atoms with E-state index in [1.165, 1.54) is 23.5 Å². The van der Waals surface area contributed by atoms with E-state index in [2.05, 4.69) is 27.2 Å². The molecule has 49 heavy (non-hydrogen) atoms. The lowest BCUT2D eigenvalue weighted by Gasteiger charge is -2.30. The number of hydrogen-bond donors (Lipinski definition) is 3. The van der Waals surface area contributed by atoms with Crippen molar-refractivity contribution in [2.45, 2.75) is 68.7 Å². The molecule has 0 unspecified atom stereocenters. The Bertz CT molecular complexity index is 1840. The fourth-order valence-corrected chi connectivity index (χ4v) is 7.56. The van der Waals surface area contributed by atoms with E-state index < -0.39 is 35.5 Å². The van der Waals surface area contributed by atoms with E-state index in [-0.39, 0.29) is 30.6 Å². The highest BCUT2D eigenvalue weighted by atomic mass is 32.1. The maximum atomic E-state index is 14.4. The van der Waals surface area contributed by atoms with Gasteiger partial charge in [0.1, 0.15) is 29.5 Å². The van der Waals surface area contributed by atoms with Crippen molar-refractivity contribution >= 4 is 45.0 Å². The summed E-state index contributed by atoms with van der Waals surface area (Å²) in [5.41, 5.74) is 2.73. The molecule has 10 nitrogen and oxygen atoms in total. The van der Waals surface area contributed by atoms with Gasteiger partial charge in [0.05, 0.1) is 16.8 Å². The monoisotopic (exact) mass is 683 g/mol. The molecule has 254 valence electrons. The van der Waals surface area contributed by atoms with Crippen molar-refractivity contribution in [3.8, 4) is 10.9 Å². The van der Waals surface area contributed by atoms with Crippen LogP contribution in [-0.2, 0) is 14.4 Å². The van der Waals surface area contributed by atoms with Crippen LogP contribution in [0.4, 0.5) is 10.1 Å². The summed E-state index contributed by atoms with van der Waals surface area (Å²) >= 11 is 1.21. The van der Waals surface area contributed by atoms with Crippen molar-refractivity contribution in [2.75, 3.05) is 11.9 Å². The maximum absolute atomic E-state index is 14.4. The van der Waals surface area contributed by atoms with Crippen molar-refractivity contribution in [2.24, 2.45) is 5.92 Å². The summed E-state index contributed by atoms with van der Waals surface area (Å²) in [4.78, 5) is 54.0. The number of allylic oxidation sites excluding steroid dienone is 1. The van der Waals surface area contributed by atoms with E-state index in [0.717, 1.165) is 31.4 Å². The summed E-state index contributed by atoms with van der Waals surface area (Å²) in [6.45, 7) is 0.147. The smallest absolute Gasteiger partial charge is 0.278 e. The standard InChI is InChI=1S/C37H38FN5O5S/c38-25-18-19-29-32(20-25)49-36(40-29)47-28-21-31-33(44)41-37(35(46)42-48-27-15-9-5-10-16-27)22-24(37)12-6-2-1-3-11-17-30(34(45)43(31)23-28)39-26-13-7-4-8-14-26/h4-10,12-16,18-20,24,28,30-31,39H,1-3,11,17,21-23H2,(H,41,44)(H,42,46)/b12-6-/t24-,28+,30-,31-,37+/m0/s1. The van der Waals surface area contributed by atoms with Crippen LogP contribution in [0, 0.1) is 11.7 Å². The average molecular weight is 684 g/mol. The second kappa shape index (κ2) is 14.3. The number of carbonyl (C=O) groups excluding carboxylic acids is 3. The third-order valence-corrected chi connectivity index (χ3v) is 10.3. The van der Waals surface area contributed by atoms with Crippen LogP contribution in [0.1, 0.15) is 44.9 Å². The van der Waals surface area contributed by atoms with Gasteiger partial charge in [-0.3, -0.25) is 14.4 Å². The van der Waals surface area contributed by atoms with Gasteiger partial charge in [0.15, 0.2) is 5.75 Å². The Hall–Kier alpha value is -4.97. The normalized spacial score (nSPS) is 26.3. The minimum Gasteiger partial charge on any atom is -0.465 e. The van der Waals surface area contributed by atoms with Crippen molar-refractivity contribution in [3.05, 3.63) is 96.8 Å². The largest absolute Gasteiger partial charge is 0.465 e. The van der Waals surface area contributed by atoms with Gasteiger partial charge in [-0.2, -0.15) is 5.48 Å². The number of carbonyl (C=O) groups is 3. The molecule has 12 heteroatoms. The number of hydrogen-bond acceptors (Lipinski definition) is 8. The third-order valence-electron chi connectivity index (χ3n) is 9.36. The molecule has 0 radical (unpaired) electrons. The quantitative estimate of drug-likeness (QED) is 0.167. The molecule has 2 aliphatic heterocycles. The second-order valence-corrected chi connectivity index (χ2v) is 13.8. The van der Waals surface area contributed by atoms with Crippen LogP contribution >= 0.6 is 11.3 Å². The lowest BCUT2D eigenvalue weighted by molar-refractivity contribution is -0.141. The minimum absolute atomic E-state index is 0.147. The number of halogens is 1. The fraction of sp³-hybridized carbons (Fsp3) is 0.351. The molecule has 1 aliphatic carbocycles. The molecule has 0 bridgehead atoms. The highest BCUT2D eigenvalue weighted by Crippen LogP contribution is 2.45. The molecule has 7 rings (SSSR count). The number of fused-ring (bicyclic) bond motifs is 3. The van der Waals surface area contributed by atoms with Crippen LogP contribution in [0.2, 0.25) is 0 Å². The fourth-order valence-electron chi connectivity index (χ4n) is 6.66. The average Bonchev–Trinajstić information content (AvgIpc) is 3.41. The highest BCUT2D eigenvalue weighted by Gasteiger charge is 2.61. The van der Waals surface area contributed by atoms with Crippen LogP contribution in [0.15, 0.2) is 91.0 Å². The van der Waals surface area contributed by atoms with Gasteiger partial charge >= 0.3 is 0 Å². The van der Waals surface area contributed by atoms with E-state index in [1.807, 2.05) is 42.5 Å². The summed E-state index contributed by atoms with van der Waals surface area (Å²) in [6, 6.07) is 21.3. The Balaban J connectivity index is 1.16. The predicted molar refractivity (Wildman–Crippen MR) is 184 cm³/mol. The number of benzene rings is 3. The Morgan fingerprint density at radius 2 is 1.82 bits per heavy atom. The molecule has 3 amide bonds. The number of rotatable bonds is 7. The van der Waals surface area contributed by atoms with E-state index in [0.29, 0.717) is 34.0 Å². The van der Waals surface area contributed by atoms with Gasteiger partial charge in [-0.25, -0.2) is 9.37 Å². The zero-order valence-corrected chi connectivity index (χ0v) is 27.7. The lowest BCUT2D eigenvalue weighted by atomic mass is 10.0. The van der Waals surface area contributed by atoms with E-state index >= 15 is 0 Å². The molecule has 3 heterocycles. The number of thiazole rings is 1. The predicted octanol–water partition coefficient (Wildman–Crippen LogP) is 5.77. The molecule has 4 aromatic rings. The number of nitrogens with one attached hydrogen (secondary N) is 3. The first-order valence-corrected chi connectivity index (χ1v) is 17.6. The van der Waals surface area contributed by atoms with E-state index in [9.17, 15) is 18.8 Å². The molecule has 0 spiro atoms. The second-order valence-electron chi connectivity index (χ2n) is 12.8. The Morgan fingerprint density at radius 1 is 1.02 bits per heavy atom. The van der Waals surface area contributed by atoms with Crippen molar-refractivity contribution in [3.63, 3.8) is 0 Å². The Kier molecular flexibility index (Phi) is 9.47. The molecule has 1 saturated heterocycles. The zero-order valence-electron chi connectivity index (χ0n) is 26.8. The number of para-hydroxylation sites is 2. The molecule has 2 fully saturated rings. The molecule has 3 N–H and O–H groups in total. The van der Waals surface area contributed by atoms with E-state index in [4.69, 9.17) is 9.57 Å². The third kappa shape index (κ3) is 7.39. The lowest BCUT2D eigenvalue weighted by Crippen LogP contribution is -2.57. The molecule has 3 aromatic carbocycles. The number of amides is 3. The number of aromatic nitrogens is 1. The summed E-state index contributed by atoms with van der Waals surface area (Å²) in [7, 11) is 0. The van der Waals surface area contributed by atoms with Crippen LogP contribution in [-0.4, -0.2) is 57.9 Å². The SMILES string of the molecule is O=C1N[C@]2(C(=O)NOc3ccccc3)C[C@@H]2/C=C\CCCCC[C@H](Nc2ccccc2)C(=O)N2C[C@H](Oc3nc4ccc(F)cc4s3)C[C@@H]12. The van der Waals surface area contributed by atoms with Crippen LogP contribution in [0.5, 0.6) is 10.9 Å². The van der Waals surface area contributed by atoms with Crippen molar-refractivity contribution < 1.29 is 28.3 Å². The topological polar surface area (TPSA) is 122 Å². The van der Waals surface area contributed by atoms with Gasteiger partial charge in [-0.1, -0.05) is 72.7 Å².